The van der Waals surface area contributed by atoms with Crippen molar-refractivity contribution in [3.8, 4) is 34.0 Å². The first-order valence-electron chi connectivity index (χ1n) is 20.2. The van der Waals surface area contributed by atoms with Crippen LogP contribution in [0, 0.1) is 17.9 Å². The maximum Gasteiger partial charge on any atom is 0.189 e. The maximum atomic E-state index is 10.3. The molecule has 10 rings (SSSR count). The van der Waals surface area contributed by atoms with Gasteiger partial charge in [-0.3, -0.25) is 0 Å². The molecule has 0 atom stereocenters. The van der Waals surface area contributed by atoms with Crippen LogP contribution >= 0.6 is 0 Å². The van der Waals surface area contributed by atoms with Crippen molar-refractivity contribution in [2.45, 2.75) is 0 Å². The summed E-state index contributed by atoms with van der Waals surface area (Å²) in [5.41, 5.74) is 14.4. The number of para-hydroxylation sites is 4. The molecule has 5 nitrogen and oxygen atoms in total. The van der Waals surface area contributed by atoms with Gasteiger partial charge in [-0.2, -0.15) is 5.26 Å². The van der Waals surface area contributed by atoms with Gasteiger partial charge in [0.15, 0.2) is 5.69 Å². The summed E-state index contributed by atoms with van der Waals surface area (Å²) in [6.45, 7) is 7.77. The molecule has 61 heavy (non-hydrogen) atoms. The molecule has 10 aromatic rings. The molecule has 0 aliphatic rings. The van der Waals surface area contributed by atoms with Gasteiger partial charge in [-0.25, -0.2) is 4.85 Å². The lowest BCUT2D eigenvalue weighted by atomic mass is 9.99. The average molecular weight is 780 g/mol. The Morgan fingerprint density at radius 3 is 1.11 bits per heavy atom. The van der Waals surface area contributed by atoms with Crippen molar-refractivity contribution in [1.82, 2.24) is 4.57 Å². The van der Waals surface area contributed by atoms with Crippen molar-refractivity contribution in [2.24, 2.45) is 0 Å². The summed E-state index contributed by atoms with van der Waals surface area (Å²) in [6.07, 6.45) is 0. The van der Waals surface area contributed by atoms with E-state index < -0.39 is 0 Å². The Balaban J connectivity index is 1.09. The average Bonchev–Trinajstić information content (AvgIpc) is 3.66. The highest BCUT2D eigenvalue weighted by Gasteiger charge is 2.19. The summed E-state index contributed by atoms with van der Waals surface area (Å²) in [4.78, 5) is 8.25. The third-order valence-corrected chi connectivity index (χ3v) is 11.2. The van der Waals surface area contributed by atoms with Crippen molar-refractivity contribution < 1.29 is 0 Å². The zero-order chi connectivity index (χ0) is 41.1. The molecule has 0 N–H and O–H groups in total. The molecule has 0 saturated carbocycles. The number of anilines is 6. The lowest BCUT2D eigenvalue weighted by molar-refractivity contribution is 1.17. The molecule has 1 aromatic heterocycles. The quantitative estimate of drug-likeness (QED) is 0.137. The number of benzene rings is 9. The molecule has 0 saturated heterocycles. The highest BCUT2D eigenvalue weighted by molar-refractivity contribution is 6.12. The van der Waals surface area contributed by atoms with Crippen LogP contribution in [0.1, 0.15) is 5.56 Å². The van der Waals surface area contributed by atoms with Crippen molar-refractivity contribution in [1.29, 1.82) is 5.26 Å². The largest absolute Gasteiger partial charge is 0.311 e. The zero-order valence-electron chi connectivity index (χ0n) is 33.1. The Kier molecular flexibility index (Phi) is 9.59. The SMILES string of the molecule is [C-]#[N+]c1ccc(C#N)c(-n2c3ccc(-c4ccc(N(c5ccccc5)c5ccccc5)cc4)cc3c3cc(-c4ccc(N(c5ccccc5)c5ccccc5)cc4)ccc32)c1. The van der Waals surface area contributed by atoms with Crippen LogP contribution in [-0.4, -0.2) is 4.57 Å². The number of rotatable bonds is 9. The minimum Gasteiger partial charge on any atom is -0.311 e. The third-order valence-electron chi connectivity index (χ3n) is 11.2. The lowest BCUT2D eigenvalue weighted by Crippen LogP contribution is -2.09. The molecule has 0 radical (unpaired) electrons. The summed E-state index contributed by atoms with van der Waals surface area (Å²) < 4.78 is 2.13. The Morgan fingerprint density at radius 2 is 0.754 bits per heavy atom. The van der Waals surface area contributed by atoms with Gasteiger partial charge in [0.05, 0.1) is 28.9 Å². The Bertz CT molecular complexity index is 2970. The summed E-state index contributed by atoms with van der Waals surface area (Å²) in [7, 11) is 0. The predicted octanol–water partition coefficient (Wildman–Crippen LogP) is 15.5. The summed E-state index contributed by atoms with van der Waals surface area (Å²) in [5, 5.41) is 12.4. The molecule has 0 aliphatic heterocycles. The lowest BCUT2D eigenvalue weighted by Gasteiger charge is -2.25. The second-order valence-corrected chi connectivity index (χ2v) is 14.8. The van der Waals surface area contributed by atoms with Crippen LogP contribution in [0.5, 0.6) is 0 Å². The van der Waals surface area contributed by atoms with E-state index in [1.165, 1.54) is 0 Å². The molecule has 1 heterocycles. The van der Waals surface area contributed by atoms with E-state index in [-0.39, 0.29) is 0 Å². The Morgan fingerprint density at radius 1 is 0.393 bits per heavy atom. The number of nitrogens with zero attached hydrogens (tertiary/aromatic N) is 5. The summed E-state index contributed by atoms with van der Waals surface area (Å²) >= 11 is 0. The Labute approximate surface area is 355 Å². The van der Waals surface area contributed by atoms with E-state index in [0.29, 0.717) is 16.9 Å². The summed E-state index contributed by atoms with van der Waals surface area (Å²) in [6, 6.07) is 79.9. The molecule has 0 bridgehead atoms. The fourth-order valence-electron chi connectivity index (χ4n) is 8.32. The van der Waals surface area contributed by atoms with Gasteiger partial charge in [-0.1, -0.05) is 121 Å². The molecule has 0 spiro atoms. The van der Waals surface area contributed by atoms with Gasteiger partial charge in [0, 0.05) is 44.9 Å². The van der Waals surface area contributed by atoms with Crippen LogP contribution in [0.4, 0.5) is 39.8 Å². The normalized spacial score (nSPS) is 10.9. The second-order valence-electron chi connectivity index (χ2n) is 14.8. The minimum atomic E-state index is 0.484. The topological polar surface area (TPSA) is 39.6 Å². The van der Waals surface area contributed by atoms with Crippen molar-refractivity contribution in [3.05, 3.63) is 241 Å². The smallest absolute Gasteiger partial charge is 0.189 e. The highest BCUT2D eigenvalue weighted by atomic mass is 15.1. The number of aromatic nitrogens is 1. The van der Waals surface area contributed by atoms with Gasteiger partial charge >= 0.3 is 0 Å². The van der Waals surface area contributed by atoms with Gasteiger partial charge in [0.2, 0.25) is 0 Å². The first-order chi connectivity index (χ1) is 30.2. The van der Waals surface area contributed by atoms with Crippen LogP contribution in [-0.2, 0) is 0 Å². The van der Waals surface area contributed by atoms with Gasteiger partial charge in [0.1, 0.15) is 6.07 Å². The molecule has 0 unspecified atom stereocenters. The van der Waals surface area contributed by atoms with E-state index in [0.717, 1.165) is 78.2 Å². The predicted molar refractivity (Wildman–Crippen MR) is 252 cm³/mol. The van der Waals surface area contributed by atoms with Crippen LogP contribution in [0.2, 0.25) is 0 Å². The monoisotopic (exact) mass is 779 g/mol. The fraction of sp³-hybridized carbons (Fsp3) is 0. The molecular weight excluding hydrogens is 743 g/mol. The van der Waals surface area contributed by atoms with E-state index in [1.807, 2.05) is 30.3 Å². The molecule has 0 fully saturated rings. The molecule has 0 aliphatic carbocycles. The first-order valence-corrected chi connectivity index (χ1v) is 20.2. The van der Waals surface area contributed by atoms with E-state index in [9.17, 15) is 5.26 Å². The van der Waals surface area contributed by atoms with E-state index in [2.05, 4.69) is 207 Å². The minimum absolute atomic E-state index is 0.484. The van der Waals surface area contributed by atoms with E-state index in [4.69, 9.17) is 6.57 Å². The van der Waals surface area contributed by atoms with Gasteiger partial charge < -0.3 is 14.4 Å². The molecule has 286 valence electrons. The van der Waals surface area contributed by atoms with Crippen molar-refractivity contribution >= 4 is 61.6 Å². The van der Waals surface area contributed by atoms with Gasteiger partial charge in [0.25, 0.3) is 0 Å². The fourth-order valence-corrected chi connectivity index (χ4v) is 8.32. The maximum absolute atomic E-state index is 10.3. The van der Waals surface area contributed by atoms with Crippen molar-refractivity contribution in [3.63, 3.8) is 0 Å². The number of hydrogen-bond acceptors (Lipinski definition) is 3. The number of hydrogen-bond donors (Lipinski definition) is 0. The van der Waals surface area contributed by atoms with Crippen LogP contribution in [0.15, 0.2) is 224 Å². The van der Waals surface area contributed by atoms with Crippen LogP contribution < -0.4 is 9.80 Å². The van der Waals surface area contributed by atoms with Gasteiger partial charge in [-0.15, -0.1) is 0 Å². The molecule has 9 aromatic carbocycles. The third kappa shape index (κ3) is 6.93. The van der Waals surface area contributed by atoms with Gasteiger partial charge in [-0.05, 0) is 125 Å². The molecule has 5 heteroatoms. The zero-order valence-corrected chi connectivity index (χ0v) is 33.1. The van der Waals surface area contributed by atoms with Crippen LogP contribution in [0.3, 0.4) is 0 Å². The molecule has 0 amide bonds. The van der Waals surface area contributed by atoms with E-state index >= 15 is 0 Å². The number of nitriles is 1. The second kappa shape index (κ2) is 16.0. The van der Waals surface area contributed by atoms with Crippen LogP contribution in [0.25, 0.3) is 54.6 Å². The first kappa shape index (κ1) is 36.7. The number of fused-ring (bicyclic) bond motifs is 3. The highest BCUT2D eigenvalue weighted by Crippen LogP contribution is 2.41. The Hall–Kier alpha value is -8.64. The van der Waals surface area contributed by atoms with Crippen molar-refractivity contribution in [2.75, 3.05) is 9.80 Å². The van der Waals surface area contributed by atoms with E-state index in [1.54, 1.807) is 12.1 Å². The molecular formula is C56H37N5. The summed E-state index contributed by atoms with van der Waals surface area (Å²) in [5.74, 6) is 0. The standard InChI is InChI=1S/C56H37N5/c1-58-45-29-22-44(39-57)56(38-45)61-54-34-27-42(40-23-30-50(31-24-40)59(46-14-6-2-7-15-46)47-16-8-3-9-17-47)36-52(54)53-37-43(28-35-55(53)61)41-25-32-51(33-26-41)60(48-18-10-4-11-19-48)49-20-12-5-13-21-49/h2-38H.